The first-order valence-corrected chi connectivity index (χ1v) is 11.5. The molecule has 2 atom stereocenters. The van der Waals surface area contributed by atoms with Crippen molar-refractivity contribution >= 4 is 28.4 Å². The van der Waals surface area contributed by atoms with E-state index in [0.717, 1.165) is 34.2 Å². The smallest absolute Gasteiger partial charge is 0.295 e. The second-order valence-electron chi connectivity index (χ2n) is 9.01. The van der Waals surface area contributed by atoms with Gasteiger partial charge in [-0.2, -0.15) is 0 Å². The number of likely N-dealkylation sites (tertiary alicyclic amines) is 1. The molecule has 0 bridgehead atoms. The van der Waals surface area contributed by atoms with Crippen LogP contribution in [0, 0.1) is 0 Å². The first-order chi connectivity index (χ1) is 16.4. The van der Waals surface area contributed by atoms with Crippen molar-refractivity contribution in [3.8, 4) is 5.75 Å². The zero-order valence-electron chi connectivity index (χ0n) is 19.6. The Kier molecular flexibility index (Phi) is 5.65. The van der Waals surface area contributed by atoms with Crippen molar-refractivity contribution in [1.29, 1.82) is 0 Å². The van der Waals surface area contributed by atoms with Gasteiger partial charge in [-0.3, -0.25) is 9.59 Å². The number of carbonyl (C=O) groups is 2. The summed E-state index contributed by atoms with van der Waals surface area (Å²) in [5, 5.41) is 12.4. The molecule has 1 N–H and O–H groups in total. The number of aliphatic hydroxyl groups excluding tert-OH is 1. The standard InChI is InChI=1S/C27H28N2O5/c1-16-13-18-14-17(9-10-22(18)34-16)25(30)23-24(29(11-6-12-33-3)27(32)26(23)31)20-15-28(2)21-8-5-4-7-19(20)21/h4-5,7-10,14-16,24,30H,6,11-13H2,1-3H3/b25-23+. The molecule has 1 amide bonds. The van der Waals surface area contributed by atoms with E-state index in [4.69, 9.17) is 9.47 Å². The average Bonchev–Trinajstić information content (AvgIpc) is 3.45. The number of para-hydroxylation sites is 1. The van der Waals surface area contributed by atoms with Gasteiger partial charge in [0.15, 0.2) is 0 Å². The molecule has 3 heterocycles. The number of aromatic nitrogens is 1. The van der Waals surface area contributed by atoms with Gasteiger partial charge in [-0.05, 0) is 43.2 Å². The van der Waals surface area contributed by atoms with E-state index < -0.39 is 17.7 Å². The minimum Gasteiger partial charge on any atom is -0.507 e. The summed E-state index contributed by atoms with van der Waals surface area (Å²) in [6.07, 6.45) is 3.32. The Morgan fingerprint density at radius 1 is 1.21 bits per heavy atom. The minimum absolute atomic E-state index is 0.0643. The molecular formula is C27H28N2O5. The lowest BCUT2D eigenvalue weighted by atomic mass is 9.94. The SMILES string of the molecule is COCCCN1C(=O)C(=O)/C(=C(/O)c2ccc3c(c2)CC(C)O3)C1c1cn(C)c2ccccc12. The fourth-order valence-electron chi connectivity index (χ4n) is 5.13. The van der Waals surface area contributed by atoms with E-state index in [1.807, 2.05) is 61.1 Å². The molecule has 0 radical (unpaired) electrons. The molecule has 2 unspecified atom stereocenters. The zero-order chi connectivity index (χ0) is 24.0. The topological polar surface area (TPSA) is 81.0 Å². The van der Waals surface area contributed by atoms with E-state index in [1.165, 1.54) is 0 Å². The van der Waals surface area contributed by atoms with Crippen LogP contribution in [-0.4, -0.2) is 52.6 Å². The molecule has 1 saturated heterocycles. The molecule has 2 aliphatic rings. The summed E-state index contributed by atoms with van der Waals surface area (Å²) < 4.78 is 12.9. The van der Waals surface area contributed by atoms with Crippen molar-refractivity contribution in [2.45, 2.75) is 31.9 Å². The molecule has 3 aromatic rings. The van der Waals surface area contributed by atoms with Crippen LogP contribution in [0.15, 0.2) is 54.2 Å². The first kappa shape index (κ1) is 22.2. The molecule has 0 aliphatic carbocycles. The molecule has 2 aliphatic heterocycles. The predicted molar refractivity (Wildman–Crippen MR) is 129 cm³/mol. The lowest BCUT2D eigenvalue weighted by Crippen LogP contribution is -2.31. The number of rotatable bonds is 6. The van der Waals surface area contributed by atoms with Crippen LogP contribution in [0.4, 0.5) is 0 Å². The first-order valence-electron chi connectivity index (χ1n) is 11.5. The van der Waals surface area contributed by atoms with Gasteiger partial charge < -0.3 is 24.0 Å². The summed E-state index contributed by atoms with van der Waals surface area (Å²) >= 11 is 0. The quantitative estimate of drug-likeness (QED) is 0.261. The Bertz CT molecular complexity index is 1320. The van der Waals surface area contributed by atoms with Crippen LogP contribution in [0.3, 0.4) is 0 Å². The summed E-state index contributed by atoms with van der Waals surface area (Å²) in [5.41, 5.74) is 3.41. The van der Waals surface area contributed by atoms with Crippen molar-refractivity contribution in [3.63, 3.8) is 0 Å². The number of ketones is 1. The Labute approximate surface area is 198 Å². The van der Waals surface area contributed by atoms with Gasteiger partial charge in [0.25, 0.3) is 11.7 Å². The number of benzene rings is 2. The summed E-state index contributed by atoms with van der Waals surface area (Å²) in [6, 6.07) is 12.6. The average molecular weight is 461 g/mol. The van der Waals surface area contributed by atoms with Gasteiger partial charge >= 0.3 is 0 Å². The number of fused-ring (bicyclic) bond motifs is 2. The van der Waals surface area contributed by atoms with Gasteiger partial charge in [-0.1, -0.05) is 18.2 Å². The number of Topliss-reactive ketones (excluding diaryl/α,β-unsaturated/α-hetero) is 1. The van der Waals surface area contributed by atoms with Crippen LogP contribution in [0.1, 0.15) is 36.1 Å². The monoisotopic (exact) mass is 460 g/mol. The highest BCUT2D eigenvalue weighted by Crippen LogP contribution is 2.43. The third kappa shape index (κ3) is 3.56. The summed E-state index contributed by atoms with van der Waals surface area (Å²) in [6.45, 7) is 2.80. The van der Waals surface area contributed by atoms with Crippen molar-refractivity contribution in [1.82, 2.24) is 9.47 Å². The molecule has 176 valence electrons. The van der Waals surface area contributed by atoms with Gasteiger partial charge in [0.05, 0.1) is 11.6 Å². The third-order valence-corrected chi connectivity index (χ3v) is 6.68. The molecule has 2 aromatic carbocycles. The van der Waals surface area contributed by atoms with Crippen LogP contribution >= 0.6 is 0 Å². The molecule has 5 rings (SSSR count). The largest absolute Gasteiger partial charge is 0.507 e. The van der Waals surface area contributed by atoms with E-state index in [-0.39, 0.29) is 17.4 Å². The van der Waals surface area contributed by atoms with E-state index in [2.05, 4.69) is 0 Å². The maximum Gasteiger partial charge on any atom is 0.295 e. The Balaban J connectivity index is 1.67. The number of hydrogen-bond donors (Lipinski definition) is 1. The third-order valence-electron chi connectivity index (χ3n) is 6.68. The Hall–Kier alpha value is -3.58. The summed E-state index contributed by atoms with van der Waals surface area (Å²) in [4.78, 5) is 28.0. The van der Waals surface area contributed by atoms with Crippen LogP contribution in [0.25, 0.3) is 16.7 Å². The molecule has 0 spiro atoms. The fraction of sp³-hybridized carbons (Fsp3) is 0.333. The van der Waals surface area contributed by atoms with Gasteiger partial charge in [0.1, 0.15) is 17.6 Å². The van der Waals surface area contributed by atoms with Gasteiger partial charge in [0.2, 0.25) is 0 Å². The Morgan fingerprint density at radius 3 is 2.79 bits per heavy atom. The number of aliphatic hydroxyl groups is 1. The van der Waals surface area contributed by atoms with Crippen molar-refractivity contribution in [2.75, 3.05) is 20.3 Å². The van der Waals surface area contributed by atoms with Gasteiger partial charge in [0, 0.05) is 62.0 Å². The van der Waals surface area contributed by atoms with E-state index in [9.17, 15) is 14.7 Å². The van der Waals surface area contributed by atoms with Crippen molar-refractivity contribution in [2.24, 2.45) is 7.05 Å². The predicted octanol–water partition coefficient (Wildman–Crippen LogP) is 3.96. The molecule has 7 heteroatoms. The maximum atomic E-state index is 13.3. The highest BCUT2D eigenvalue weighted by molar-refractivity contribution is 6.46. The number of carbonyl (C=O) groups excluding carboxylic acids is 2. The summed E-state index contributed by atoms with van der Waals surface area (Å²) in [5.74, 6) is -0.644. The van der Waals surface area contributed by atoms with Crippen LogP contribution in [-0.2, 0) is 27.8 Å². The fourth-order valence-corrected chi connectivity index (χ4v) is 5.13. The van der Waals surface area contributed by atoms with Crippen LogP contribution in [0.5, 0.6) is 5.75 Å². The number of amides is 1. The number of nitrogens with zero attached hydrogens (tertiary/aromatic N) is 2. The normalized spacial score (nSPS) is 21.3. The minimum atomic E-state index is -0.689. The summed E-state index contributed by atoms with van der Waals surface area (Å²) in [7, 11) is 3.54. The van der Waals surface area contributed by atoms with Gasteiger partial charge in [-0.25, -0.2) is 0 Å². The lowest BCUT2D eigenvalue weighted by molar-refractivity contribution is -0.140. The molecule has 7 nitrogen and oxygen atoms in total. The Morgan fingerprint density at radius 2 is 2.00 bits per heavy atom. The molecule has 1 fully saturated rings. The second-order valence-corrected chi connectivity index (χ2v) is 9.01. The molecule has 1 aromatic heterocycles. The number of aryl methyl sites for hydroxylation is 1. The van der Waals surface area contributed by atoms with Crippen molar-refractivity contribution in [3.05, 3.63) is 70.9 Å². The molecule has 0 saturated carbocycles. The molecular weight excluding hydrogens is 432 g/mol. The van der Waals surface area contributed by atoms with E-state index in [1.54, 1.807) is 18.1 Å². The van der Waals surface area contributed by atoms with E-state index in [0.29, 0.717) is 25.1 Å². The van der Waals surface area contributed by atoms with Crippen LogP contribution < -0.4 is 4.74 Å². The maximum absolute atomic E-state index is 13.3. The molecule has 34 heavy (non-hydrogen) atoms. The van der Waals surface area contributed by atoms with Crippen LogP contribution in [0.2, 0.25) is 0 Å². The van der Waals surface area contributed by atoms with Crippen molar-refractivity contribution < 1.29 is 24.2 Å². The highest BCUT2D eigenvalue weighted by atomic mass is 16.5. The zero-order valence-corrected chi connectivity index (χ0v) is 19.6. The van der Waals surface area contributed by atoms with E-state index >= 15 is 0 Å². The lowest BCUT2D eigenvalue weighted by Gasteiger charge is -2.25. The second kappa shape index (κ2) is 8.65. The number of hydrogen-bond acceptors (Lipinski definition) is 5. The van der Waals surface area contributed by atoms with Gasteiger partial charge in [-0.15, -0.1) is 0 Å². The number of methoxy groups -OCH3 is 1. The highest BCUT2D eigenvalue weighted by Gasteiger charge is 2.46. The number of ether oxygens (including phenoxy) is 2.